The van der Waals surface area contributed by atoms with Gasteiger partial charge in [0.25, 0.3) is 0 Å². The van der Waals surface area contributed by atoms with E-state index in [1.807, 2.05) is 19.2 Å². The van der Waals surface area contributed by atoms with Crippen LogP contribution in [0.1, 0.15) is 10.4 Å². The summed E-state index contributed by atoms with van der Waals surface area (Å²) in [6, 6.07) is 9.66. The molecule has 3 N–H and O–H groups in total. The van der Waals surface area contributed by atoms with Crippen LogP contribution in [0.15, 0.2) is 35.7 Å². The highest BCUT2D eigenvalue weighted by atomic mass is 35.5. The Bertz CT molecular complexity index is 566. The van der Waals surface area contributed by atoms with E-state index in [4.69, 9.17) is 22.7 Å². The molecule has 1 heterocycles. The highest BCUT2D eigenvalue weighted by Crippen LogP contribution is 2.23. The summed E-state index contributed by atoms with van der Waals surface area (Å²) < 4.78 is 0. The van der Waals surface area contributed by atoms with Crippen LogP contribution in [0.3, 0.4) is 0 Å². The lowest BCUT2D eigenvalue weighted by atomic mass is 10.1. The fourth-order valence-electron chi connectivity index (χ4n) is 1.91. The van der Waals surface area contributed by atoms with Gasteiger partial charge in [0.15, 0.2) is 0 Å². The standard InChI is InChI=1S/C14H16ClN3S/c1-18(7-6-11-3-2-8-19-11)13-5-4-10(15)9-12(13)14(16)17/h2-5,8-9H,6-7H2,1H3,(H3,16,17). The Hall–Kier alpha value is -1.52. The molecule has 0 aliphatic carbocycles. The number of nitrogens with two attached hydrogens (primary N) is 1. The van der Waals surface area contributed by atoms with Crippen molar-refractivity contribution in [3.63, 3.8) is 0 Å². The minimum Gasteiger partial charge on any atom is -0.384 e. The zero-order valence-corrected chi connectivity index (χ0v) is 12.3. The molecule has 0 saturated carbocycles. The van der Waals surface area contributed by atoms with Gasteiger partial charge in [-0.2, -0.15) is 0 Å². The second kappa shape index (κ2) is 6.08. The Morgan fingerprint density at radius 3 is 2.84 bits per heavy atom. The Balaban J connectivity index is 2.14. The molecule has 0 bridgehead atoms. The van der Waals surface area contributed by atoms with E-state index in [1.165, 1.54) is 4.88 Å². The van der Waals surface area contributed by atoms with E-state index < -0.39 is 0 Å². The monoisotopic (exact) mass is 293 g/mol. The number of rotatable bonds is 5. The van der Waals surface area contributed by atoms with Gasteiger partial charge >= 0.3 is 0 Å². The first-order chi connectivity index (χ1) is 9.08. The SMILES string of the molecule is CN(CCc1cccs1)c1ccc(Cl)cc1C(=N)N. The summed E-state index contributed by atoms with van der Waals surface area (Å²) in [6.07, 6.45) is 0.980. The molecule has 1 aromatic heterocycles. The summed E-state index contributed by atoms with van der Waals surface area (Å²) in [5.41, 5.74) is 7.23. The third-order valence-corrected chi connectivity index (χ3v) is 4.11. The molecule has 1 aromatic carbocycles. The first-order valence-corrected chi connectivity index (χ1v) is 7.21. The molecule has 0 unspecified atom stereocenters. The molecule has 2 aromatic rings. The van der Waals surface area contributed by atoms with E-state index in [2.05, 4.69) is 22.4 Å². The van der Waals surface area contributed by atoms with Gasteiger partial charge in [-0.15, -0.1) is 11.3 Å². The van der Waals surface area contributed by atoms with Crippen molar-refractivity contribution in [1.29, 1.82) is 5.41 Å². The van der Waals surface area contributed by atoms with Crippen molar-refractivity contribution in [1.82, 2.24) is 0 Å². The van der Waals surface area contributed by atoms with Crippen LogP contribution in [-0.4, -0.2) is 19.4 Å². The summed E-state index contributed by atoms with van der Waals surface area (Å²) in [6.45, 7) is 0.877. The Morgan fingerprint density at radius 1 is 1.42 bits per heavy atom. The van der Waals surface area contributed by atoms with E-state index in [1.54, 1.807) is 17.4 Å². The molecule has 19 heavy (non-hydrogen) atoms. The van der Waals surface area contributed by atoms with Gasteiger partial charge in [-0.05, 0) is 36.1 Å². The first-order valence-electron chi connectivity index (χ1n) is 5.95. The lowest BCUT2D eigenvalue weighted by Crippen LogP contribution is -2.24. The van der Waals surface area contributed by atoms with Gasteiger partial charge in [0.2, 0.25) is 0 Å². The molecule has 5 heteroatoms. The maximum Gasteiger partial charge on any atom is 0.124 e. The van der Waals surface area contributed by atoms with E-state index in [0.29, 0.717) is 10.6 Å². The largest absolute Gasteiger partial charge is 0.384 e. The van der Waals surface area contributed by atoms with Crippen LogP contribution in [0, 0.1) is 5.41 Å². The van der Waals surface area contributed by atoms with Gasteiger partial charge < -0.3 is 10.6 Å². The molecule has 0 aliphatic rings. The van der Waals surface area contributed by atoms with Gasteiger partial charge in [0, 0.05) is 34.7 Å². The van der Waals surface area contributed by atoms with Crippen molar-refractivity contribution >= 4 is 34.5 Å². The predicted octanol–water partition coefficient (Wildman–Crippen LogP) is 3.36. The maximum atomic E-state index is 7.63. The van der Waals surface area contributed by atoms with Crippen LogP contribution >= 0.6 is 22.9 Å². The van der Waals surface area contributed by atoms with Gasteiger partial charge in [0.05, 0.1) is 0 Å². The van der Waals surface area contributed by atoms with Gasteiger partial charge in [0.1, 0.15) is 5.84 Å². The minimum atomic E-state index is 0.0421. The number of thiophene rings is 1. The molecule has 0 saturated heterocycles. The van der Waals surface area contributed by atoms with Crippen molar-refractivity contribution in [2.24, 2.45) is 5.73 Å². The van der Waals surface area contributed by atoms with E-state index in [9.17, 15) is 0 Å². The van der Waals surface area contributed by atoms with Crippen molar-refractivity contribution in [3.05, 3.63) is 51.2 Å². The zero-order chi connectivity index (χ0) is 13.8. The number of nitrogens with zero attached hydrogens (tertiary/aromatic N) is 1. The number of hydrogen-bond donors (Lipinski definition) is 2. The quantitative estimate of drug-likeness (QED) is 0.656. The van der Waals surface area contributed by atoms with Crippen molar-refractivity contribution < 1.29 is 0 Å². The van der Waals surface area contributed by atoms with Crippen LogP contribution in [0.2, 0.25) is 5.02 Å². The number of hydrogen-bond acceptors (Lipinski definition) is 3. The number of amidine groups is 1. The number of nitrogen functional groups attached to an aromatic ring is 1. The van der Waals surface area contributed by atoms with E-state index in [0.717, 1.165) is 18.7 Å². The Kier molecular flexibility index (Phi) is 4.45. The summed E-state index contributed by atoms with van der Waals surface area (Å²) >= 11 is 7.71. The molecule has 0 spiro atoms. The topological polar surface area (TPSA) is 53.1 Å². The van der Waals surface area contributed by atoms with E-state index >= 15 is 0 Å². The van der Waals surface area contributed by atoms with Crippen LogP contribution in [0.25, 0.3) is 0 Å². The Morgan fingerprint density at radius 2 is 2.21 bits per heavy atom. The van der Waals surface area contributed by atoms with Crippen molar-refractivity contribution in [2.45, 2.75) is 6.42 Å². The van der Waals surface area contributed by atoms with Crippen molar-refractivity contribution in [2.75, 3.05) is 18.5 Å². The van der Waals surface area contributed by atoms with Crippen LogP contribution in [0.4, 0.5) is 5.69 Å². The smallest absolute Gasteiger partial charge is 0.124 e. The third kappa shape index (κ3) is 3.49. The maximum absolute atomic E-state index is 7.63. The number of anilines is 1. The molecule has 0 atom stereocenters. The number of nitrogens with one attached hydrogen (secondary N) is 1. The highest BCUT2D eigenvalue weighted by molar-refractivity contribution is 7.09. The molecule has 0 radical (unpaired) electrons. The summed E-state index contributed by atoms with van der Waals surface area (Å²) in [4.78, 5) is 3.46. The molecule has 3 nitrogen and oxygen atoms in total. The molecule has 0 amide bonds. The Labute approximate surface area is 122 Å². The molecule has 2 rings (SSSR count). The molecule has 100 valence electrons. The van der Waals surface area contributed by atoms with Crippen LogP contribution in [-0.2, 0) is 6.42 Å². The first kappa shape index (κ1) is 13.9. The minimum absolute atomic E-state index is 0.0421. The van der Waals surface area contributed by atoms with Crippen LogP contribution in [0.5, 0.6) is 0 Å². The summed E-state index contributed by atoms with van der Waals surface area (Å²) in [5.74, 6) is 0.0421. The van der Waals surface area contributed by atoms with Crippen LogP contribution < -0.4 is 10.6 Å². The van der Waals surface area contributed by atoms with E-state index in [-0.39, 0.29) is 5.84 Å². The second-order valence-corrected chi connectivity index (χ2v) is 5.79. The fraction of sp³-hybridized carbons (Fsp3) is 0.214. The molecule has 0 aliphatic heterocycles. The van der Waals surface area contributed by atoms with Gasteiger partial charge in [-0.25, -0.2) is 0 Å². The molecule has 0 fully saturated rings. The van der Waals surface area contributed by atoms with Crippen molar-refractivity contribution in [3.8, 4) is 0 Å². The number of likely N-dealkylation sites (N-methyl/N-ethyl adjacent to an activating group) is 1. The molecular formula is C14H16ClN3S. The zero-order valence-electron chi connectivity index (χ0n) is 10.7. The predicted molar refractivity (Wildman–Crippen MR) is 83.8 cm³/mol. The third-order valence-electron chi connectivity index (χ3n) is 2.93. The summed E-state index contributed by atoms with van der Waals surface area (Å²) in [7, 11) is 2.00. The normalized spacial score (nSPS) is 10.4. The van der Waals surface area contributed by atoms with Gasteiger partial charge in [-0.1, -0.05) is 17.7 Å². The lowest BCUT2D eigenvalue weighted by Gasteiger charge is -2.22. The lowest BCUT2D eigenvalue weighted by molar-refractivity contribution is 0.886. The second-order valence-electron chi connectivity index (χ2n) is 4.33. The average molecular weight is 294 g/mol. The number of benzene rings is 1. The van der Waals surface area contributed by atoms with Gasteiger partial charge in [-0.3, -0.25) is 5.41 Å². The average Bonchev–Trinajstić information content (AvgIpc) is 2.88. The fourth-order valence-corrected chi connectivity index (χ4v) is 2.78. The molecular weight excluding hydrogens is 278 g/mol. The highest BCUT2D eigenvalue weighted by Gasteiger charge is 2.10. The summed E-state index contributed by atoms with van der Waals surface area (Å²) in [5, 5.41) is 10.3. The number of halogens is 1.